The van der Waals surface area contributed by atoms with E-state index in [1.54, 1.807) is 0 Å². The van der Waals surface area contributed by atoms with Crippen LogP contribution in [0.25, 0.3) is 0 Å². The minimum Gasteiger partial charge on any atom is -0.395 e. The van der Waals surface area contributed by atoms with E-state index in [0.717, 1.165) is 6.07 Å². The molecule has 98 valence electrons. The Morgan fingerprint density at radius 1 is 1.50 bits per heavy atom. The number of carbonyl (C=O) groups is 1. The van der Waals surface area contributed by atoms with Crippen molar-refractivity contribution < 1.29 is 22.6 Å². The fraction of sp³-hybridized carbons (Fsp3) is 0.444. The van der Waals surface area contributed by atoms with Gasteiger partial charge in [-0.3, -0.25) is 14.9 Å². The van der Waals surface area contributed by atoms with Gasteiger partial charge in [-0.25, -0.2) is 8.42 Å². The number of hydrogen-bond acceptors (Lipinski definition) is 6. The maximum absolute atomic E-state index is 11.6. The van der Waals surface area contributed by atoms with Crippen molar-refractivity contribution in [3.63, 3.8) is 0 Å². The van der Waals surface area contributed by atoms with Crippen LogP contribution in [0.5, 0.6) is 0 Å². The van der Waals surface area contributed by atoms with Crippen molar-refractivity contribution in [3.8, 4) is 0 Å². The van der Waals surface area contributed by atoms with E-state index in [4.69, 9.17) is 4.42 Å². The Kier molecular flexibility index (Phi) is 3.07. The van der Waals surface area contributed by atoms with Crippen molar-refractivity contribution in [1.29, 1.82) is 0 Å². The van der Waals surface area contributed by atoms with Gasteiger partial charge in [0.25, 0.3) is 5.91 Å². The smallest absolute Gasteiger partial charge is 0.395 e. The van der Waals surface area contributed by atoms with Gasteiger partial charge in [0.2, 0.25) is 0 Å². The standard InChI is InChI=1S/C9H10N2O6S/c12-9(7-1-2-8(17-7)11(13)14)10-6-3-4-18(15,16)5-6/h1-2,6H,3-5H2,(H,10,12). The molecule has 0 saturated carbocycles. The molecular weight excluding hydrogens is 264 g/mol. The molecule has 0 bridgehead atoms. The highest BCUT2D eigenvalue weighted by atomic mass is 32.2. The summed E-state index contributed by atoms with van der Waals surface area (Å²) in [6.07, 6.45) is 0.344. The minimum atomic E-state index is -3.09. The summed E-state index contributed by atoms with van der Waals surface area (Å²) < 4.78 is 27.1. The van der Waals surface area contributed by atoms with Crippen LogP contribution < -0.4 is 5.32 Å². The first-order valence-corrected chi connectivity index (χ1v) is 6.95. The summed E-state index contributed by atoms with van der Waals surface area (Å²) in [6.45, 7) is 0. The van der Waals surface area contributed by atoms with Crippen molar-refractivity contribution in [1.82, 2.24) is 5.32 Å². The van der Waals surface area contributed by atoms with Gasteiger partial charge in [-0.2, -0.15) is 0 Å². The molecule has 1 aliphatic heterocycles. The lowest BCUT2D eigenvalue weighted by atomic mass is 10.2. The second-order valence-electron chi connectivity index (χ2n) is 3.97. The van der Waals surface area contributed by atoms with Crippen LogP contribution in [-0.2, 0) is 9.84 Å². The largest absolute Gasteiger partial charge is 0.433 e. The number of amides is 1. The minimum absolute atomic E-state index is 0.0379. The monoisotopic (exact) mass is 274 g/mol. The third-order valence-electron chi connectivity index (χ3n) is 2.56. The average molecular weight is 274 g/mol. The van der Waals surface area contributed by atoms with Gasteiger partial charge in [-0.15, -0.1) is 0 Å². The maximum atomic E-state index is 11.6. The van der Waals surface area contributed by atoms with Crippen molar-refractivity contribution in [2.45, 2.75) is 12.5 Å². The SMILES string of the molecule is O=C(NC1CCS(=O)(=O)C1)c1ccc([N+](=O)[O-])o1. The van der Waals surface area contributed by atoms with Gasteiger partial charge in [0.05, 0.1) is 17.6 Å². The summed E-state index contributed by atoms with van der Waals surface area (Å²) in [5.41, 5.74) is 0. The summed E-state index contributed by atoms with van der Waals surface area (Å²) in [4.78, 5) is 21.2. The van der Waals surface area contributed by atoms with E-state index in [1.165, 1.54) is 6.07 Å². The van der Waals surface area contributed by atoms with E-state index >= 15 is 0 Å². The lowest BCUT2D eigenvalue weighted by molar-refractivity contribution is -0.402. The molecule has 1 fully saturated rings. The quantitative estimate of drug-likeness (QED) is 0.616. The highest BCUT2D eigenvalue weighted by molar-refractivity contribution is 7.91. The summed E-state index contributed by atoms with van der Waals surface area (Å²) in [6, 6.07) is 1.78. The van der Waals surface area contributed by atoms with E-state index in [-0.39, 0.29) is 17.3 Å². The van der Waals surface area contributed by atoms with E-state index in [9.17, 15) is 23.3 Å². The Labute approximate surface area is 102 Å². The van der Waals surface area contributed by atoms with Crippen molar-refractivity contribution >= 4 is 21.6 Å². The zero-order valence-electron chi connectivity index (χ0n) is 9.16. The normalized spacial score (nSPS) is 21.7. The number of nitrogens with zero attached hydrogens (tertiary/aromatic N) is 1. The average Bonchev–Trinajstić information content (AvgIpc) is 2.85. The van der Waals surface area contributed by atoms with Crippen molar-refractivity contribution in [2.24, 2.45) is 0 Å². The van der Waals surface area contributed by atoms with E-state index in [1.807, 2.05) is 0 Å². The highest BCUT2D eigenvalue weighted by Gasteiger charge is 2.30. The molecule has 1 N–H and O–H groups in total. The van der Waals surface area contributed by atoms with E-state index < -0.39 is 32.6 Å². The molecule has 18 heavy (non-hydrogen) atoms. The summed E-state index contributed by atoms with van der Waals surface area (Å²) >= 11 is 0. The molecule has 2 rings (SSSR count). The van der Waals surface area contributed by atoms with Crippen LogP contribution >= 0.6 is 0 Å². The van der Waals surface area contributed by atoms with Crippen LogP contribution in [-0.4, -0.2) is 36.8 Å². The number of hydrogen-bond donors (Lipinski definition) is 1. The van der Waals surface area contributed by atoms with Crippen LogP contribution in [0.4, 0.5) is 5.88 Å². The molecule has 1 aromatic heterocycles. The Balaban J connectivity index is 2.02. The third-order valence-corrected chi connectivity index (χ3v) is 4.33. The Morgan fingerprint density at radius 2 is 2.22 bits per heavy atom. The van der Waals surface area contributed by atoms with E-state index in [2.05, 4.69) is 5.32 Å². The molecule has 1 saturated heterocycles. The van der Waals surface area contributed by atoms with E-state index in [0.29, 0.717) is 6.42 Å². The summed E-state index contributed by atoms with van der Waals surface area (Å²) in [5.74, 6) is -1.45. The molecule has 9 heteroatoms. The number of furan rings is 1. The van der Waals surface area contributed by atoms with Crippen molar-refractivity contribution in [2.75, 3.05) is 11.5 Å². The molecule has 1 amide bonds. The Morgan fingerprint density at radius 3 is 2.72 bits per heavy atom. The van der Waals surface area contributed by atoms with Crippen LogP contribution in [0.3, 0.4) is 0 Å². The molecule has 0 aromatic carbocycles. The predicted molar refractivity (Wildman–Crippen MR) is 59.9 cm³/mol. The zero-order chi connectivity index (χ0) is 13.3. The topological polar surface area (TPSA) is 120 Å². The van der Waals surface area contributed by atoms with Gasteiger partial charge >= 0.3 is 5.88 Å². The third kappa shape index (κ3) is 2.67. The number of rotatable bonds is 3. The molecule has 0 spiro atoms. The number of sulfone groups is 1. The fourth-order valence-electron chi connectivity index (χ4n) is 1.71. The van der Waals surface area contributed by atoms with Gasteiger partial charge in [-0.1, -0.05) is 0 Å². The first kappa shape index (κ1) is 12.6. The fourth-order valence-corrected chi connectivity index (χ4v) is 3.39. The predicted octanol–water partition coefficient (Wildman–Crippen LogP) is 0.105. The van der Waals surface area contributed by atoms with Gasteiger partial charge < -0.3 is 9.73 Å². The first-order chi connectivity index (χ1) is 8.37. The van der Waals surface area contributed by atoms with Crippen LogP contribution in [0.2, 0.25) is 0 Å². The van der Waals surface area contributed by atoms with Crippen LogP contribution in [0, 0.1) is 10.1 Å². The summed E-state index contributed by atoms with van der Waals surface area (Å²) in [7, 11) is -3.09. The molecule has 2 heterocycles. The highest BCUT2D eigenvalue weighted by Crippen LogP contribution is 2.17. The molecule has 0 radical (unpaired) electrons. The van der Waals surface area contributed by atoms with Gasteiger partial charge in [0.1, 0.15) is 4.92 Å². The van der Waals surface area contributed by atoms with Crippen LogP contribution in [0.1, 0.15) is 17.0 Å². The molecule has 8 nitrogen and oxygen atoms in total. The molecule has 1 aliphatic rings. The second-order valence-corrected chi connectivity index (χ2v) is 6.20. The molecule has 0 aliphatic carbocycles. The Bertz CT molecular complexity index is 590. The molecular formula is C9H10N2O6S. The maximum Gasteiger partial charge on any atom is 0.433 e. The molecule has 1 aromatic rings. The molecule has 1 atom stereocenters. The zero-order valence-corrected chi connectivity index (χ0v) is 9.97. The van der Waals surface area contributed by atoms with Crippen molar-refractivity contribution in [3.05, 3.63) is 28.0 Å². The van der Waals surface area contributed by atoms with Gasteiger partial charge in [0, 0.05) is 6.04 Å². The number of nitrogens with one attached hydrogen (secondary N) is 1. The number of carbonyl (C=O) groups excluding carboxylic acids is 1. The molecule has 1 unspecified atom stereocenters. The lowest BCUT2D eigenvalue weighted by Crippen LogP contribution is -2.35. The first-order valence-electron chi connectivity index (χ1n) is 5.13. The van der Waals surface area contributed by atoms with Crippen LogP contribution in [0.15, 0.2) is 16.5 Å². The van der Waals surface area contributed by atoms with Gasteiger partial charge in [0.15, 0.2) is 15.6 Å². The van der Waals surface area contributed by atoms with Gasteiger partial charge in [-0.05, 0) is 12.5 Å². The lowest BCUT2D eigenvalue weighted by Gasteiger charge is -2.08. The Hall–Kier alpha value is -1.90. The summed E-state index contributed by atoms with van der Waals surface area (Å²) in [5, 5.41) is 12.8. The number of nitro groups is 1. The second kappa shape index (κ2) is 4.41.